The van der Waals surface area contributed by atoms with Gasteiger partial charge in [-0.25, -0.2) is 28.7 Å². The molecule has 0 spiro atoms. The number of nitrogens with zero attached hydrogens (tertiary/aromatic N) is 5. The van der Waals surface area contributed by atoms with Crippen LogP contribution in [0.15, 0.2) is 36.7 Å². The van der Waals surface area contributed by atoms with Gasteiger partial charge in [0.1, 0.15) is 22.6 Å². The summed E-state index contributed by atoms with van der Waals surface area (Å²) < 4.78 is 29.8. The Morgan fingerprint density at radius 1 is 1.13 bits per heavy atom. The molecule has 0 saturated carbocycles. The Hall–Kier alpha value is -3.78. The van der Waals surface area contributed by atoms with Crippen LogP contribution in [0.4, 0.5) is 14.5 Å². The van der Waals surface area contributed by atoms with Crippen molar-refractivity contribution in [1.82, 2.24) is 25.3 Å². The molecule has 1 aromatic carbocycles. The van der Waals surface area contributed by atoms with Crippen molar-refractivity contribution in [2.24, 2.45) is 0 Å². The third-order valence-electron chi connectivity index (χ3n) is 6.74. The Morgan fingerprint density at radius 2 is 1.84 bits per heavy atom. The van der Waals surface area contributed by atoms with Gasteiger partial charge in [0.05, 0.1) is 39.6 Å². The van der Waals surface area contributed by atoms with Gasteiger partial charge in [0.25, 0.3) is 0 Å². The highest BCUT2D eigenvalue weighted by Crippen LogP contribution is 2.37. The largest absolute Gasteiger partial charge is 0.382 e. The molecule has 1 aliphatic rings. The fourth-order valence-corrected chi connectivity index (χ4v) is 4.78. The van der Waals surface area contributed by atoms with Crippen LogP contribution in [-0.2, 0) is 5.60 Å². The summed E-state index contributed by atoms with van der Waals surface area (Å²) in [6.07, 6.45) is 3.82. The second-order valence-electron chi connectivity index (χ2n) is 9.36. The first-order valence-corrected chi connectivity index (χ1v) is 12.5. The van der Waals surface area contributed by atoms with Crippen molar-refractivity contribution in [2.45, 2.75) is 38.3 Å². The van der Waals surface area contributed by atoms with Crippen molar-refractivity contribution >= 4 is 28.3 Å². The molecule has 1 atom stereocenters. The molecule has 0 radical (unpaired) electrons. The number of hydrogen-bond donors (Lipinski definition) is 3. The first-order valence-electron chi connectivity index (χ1n) is 12.1. The Kier molecular flexibility index (Phi) is 6.92. The smallest absolute Gasteiger partial charge is 0.160 e. The van der Waals surface area contributed by atoms with Gasteiger partial charge >= 0.3 is 0 Å². The highest BCUT2D eigenvalue weighted by Gasteiger charge is 2.34. The number of fused-ring (bicyclic) bond motifs is 1. The first-order chi connectivity index (χ1) is 18.2. The molecule has 11 heteroatoms. The lowest BCUT2D eigenvalue weighted by atomic mass is 9.91. The van der Waals surface area contributed by atoms with Gasteiger partial charge in [-0.05, 0) is 58.0 Å². The maximum Gasteiger partial charge on any atom is 0.160 e. The van der Waals surface area contributed by atoms with Crippen molar-refractivity contribution in [1.29, 1.82) is 5.26 Å². The molecule has 194 valence electrons. The van der Waals surface area contributed by atoms with Crippen molar-refractivity contribution in [3.8, 4) is 17.3 Å². The second kappa shape index (κ2) is 10.2. The Balaban J connectivity index is 1.56. The summed E-state index contributed by atoms with van der Waals surface area (Å²) in [5, 5.41) is 26.7. The number of nitrogens with one attached hydrogen (secondary N) is 2. The van der Waals surface area contributed by atoms with Crippen molar-refractivity contribution in [3.05, 3.63) is 76.0 Å². The molecule has 1 saturated heterocycles. The Labute approximate surface area is 222 Å². The highest BCUT2D eigenvalue weighted by atomic mass is 35.5. The van der Waals surface area contributed by atoms with E-state index in [1.807, 2.05) is 6.07 Å². The van der Waals surface area contributed by atoms with E-state index in [9.17, 15) is 14.8 Å². The zero-order valence-electron chi connectivity index (χ0n) is 20.7. The molecule has 4 heterocycles. The number of pyridine rings is 2. The summed E-state index contributed by atoms with van der Waals surface area (Å²) in [7, 11) is 0. The lowest BCUT2D eigenvalue weighted by Crippen LogP contribution is -2.40. The van der Waals surface area contributed by atoms with Crippen molar-refractivity contribution in [2.75, 3.05) is 18.4 Å². The topological polar surface area (TPSA) is 120 Å². The summed E-state index contributed by atoms with van der Waals surface area (Å²) >= 11 is 6.60. The summed E-state index contributed by atoms with van der Waals surface area (Å²) in [4.78, 5) is 17.5. The van der Waals surface area contributed by atoms with Gasteiger partial charge in [-0.1, -0.05) is 11.6 Å². The number of anilines is 1. The summed E-state index contributed by atoms with van der Waals surface area (Å²) in [5.41, 5.74) is 1.08. The second-order valence-corrected chi connectivity index (χ2v) is 9.74. The maximum absolute atomic E-state index is 15.2. The van der Waals surface area contributed by atoms with Crippen LogP contribution in [0.5, 0.6) is 0 Å². The number of hydrogen-bond acceptors (Lipinski definition) is 8. The van der Waals surface area contributed by atoms with Crippen LogP contribution in [0.1, 0.15) is 48.5 Å². The summed E-state index contributed by atoms with van der Waals surface area (Å²) in [6.45, 7) is 4.70. The number of halogens is 3. The van der Waals surface area contributed by atoms with Crippen LogP contribution in [0, 0.1) is 29.9 Å². The minimum absolute atomic E-state index is 0.0172. The van der Waals surface area contributed by atoms with Gasteiger partial charge in [0, 0.05) is 29.6 Å². The molecule has 3 aromatic heterocycles. The number of aryl methyl sites for hydroxylation is 1. The third-order valence-corrected chi connectivity index (χ3v) is 7.21. The van der Waals surface area contributed by atoms with Crippen LogP contribution in [0.2, 0.25) is 5.02 Å². The first kappa shape index (κ1) is 25.9. The molecule has 4 aromatic rings. The molecule has 3 N–H and O–H groups in total. The molecule has 38 heavy (non-hydrogen) atoms. The highest BCUT2D eigenvalue weighted by molar-refractivity contribution is 6.35. The predicted octanol–water partition coefficient (Wildman–Crippen LogP) is 4.94. The molecular weight excluding hydrogens is 512 g/mol. The lowest BCUT2D eigenvalue weighted by Gasteiger charge is -2.30. The zero-order chi connectivity index (χ0) is 27.0. The van der Waals surface area contributed by atoms with Crippen molar-refractivity contribution in [3.63, 3.8) is 0 Å². The molecule has 8 nitrogen and oxygen atoms in total. The monoisotopic (exact) mass is 535 g/mol. The number of rotatable bonds is 5. The van der Waals surface area contributed by atoms with E-state index in [0.717, 1.165) is 0 Å². The van der Waals surface area contributed by atoms with E-state index in [2.05, 4.69) is 30.6 Å². The number of aliphatic hydroxyl groups is 1. The molecule has 1 aliphatic heterocycles. The SMILES string of the molecule is Cc1nc2cc(F)c(-c3cnc(C4(O)CCNCC4)nc3)nc2c(N[C@H](C)c2cc(C#N)ccc2F)c1Cl. The van der Waals surface area contributed by atoms with Gasteiger partial charge in [0.2, 0.25) is 0 Å². The third kappa shape index (κ3) is 4.76. The Bertz CT molecular complexity index is 1570. The minimum atomic E-state index is -1.14. The molecular formula is C27H24ClF2N7O. The molecule has 0 aliphatic carbocycles. The van der Waals surface area contributed by atoms with E-state index in [4.69, 9.17) is 11.6 Å². The molecule has 1 fully saturated rings. The summed E-state index contributed by atoms with van der Waals surface area (Å²) in [5.74, 6) is -0.833. The van der Waals surface area contributed by atoms with Gasteiger partial charge in [0.15, 0.2) is 11.6 Å². The summed E-state index contributed by atoms with van der Waals surface area (Å²) in [6, 6.07) is 6.76. The number of nitriles is 1. The average Bonchev–Trinajstić information content (AvgIpc) is 2.92. The van der Waals surface area contributed by atoms with Gasteiger partial charge in [-0.2, -0.15) is 5.26 Å². The molecule has 0 amide bonds. The standard InChI is InChI=1S/C27H24ClF2N7O/c1-14(18-9-16(11-31)3-4-19(18)29)36-25-22(28)15(2)35-21-10-20(30)23(37-24(21)25)17-12-33-26(34-13-17)27(38)5-7-32-8-6-27/h3-4,9-10,12-14,32,38H,5-8H2,1-2H3,(H,35,36)/t14-/m1/s1. The van der Waals surface area contributed by atoms with E-state index in [1.165, 1.54) is 36.7 Å². The zero-order valence-corrected chi connectivity index (χ0v) is 21.4. The van der Waals surface area contributed by atoms with E-state index in [1.54, 1.807) is 13.8 Å². The maximum atomic E-state index is 15.2. The number of benzene rings is 1. The predicted molar refractivity (Wildman–Crippen MR) is 139 cm³/mol. The fourth-order valence-electron chi connectivity index (χ4n) is 4.59. The van der Waals surface area contributed by atoms with E-state index < -0.39 is 23.3 Å². The van der Waals surface area contributed by atoms with Crippen LogP contribution in [0.3, 0.4) is 0 Å². The Morgan fingerprint density at radius 3 is 2.53 bits per heavy atom. The van der Waals surface area contributed by atoms with Crippen LogP contribution in [-0.4, -0.2) is 38.1 Å². The van der Waals surface area contributed by atoms with Crippen LogP contribution < -0.4 is 10.6 Å². The van der Waals surface area contributed by atoms with E-state index in [0.29, 0.717) is 48.4 Å². The van der Waals surface area contributed by atoms with E-state index in [-0.39, 0.29) is 33.1 Å². The minimum Gasteiger partial charge on any atom is -0.382 e. The molecule has 0 bridgehead atoms. The average molecular weight is 536 g/mol. The van der Waals surface area contributed by atoms with Gasteiger partial charge < -0.3 is 15.7 Å². The molecule has 5 rings (SSSR count). The fraction of sp³-hybridized carbons (Fsp3) is 0.296. The van der Waals surface area contributed by atoms with Crippen LogP contribution >= 0.6 is 11.6 Å². The van der Waals surface area contributed by atoms with Crippen LogP contribution in [0.25, 0.3) is 22.3 Å². The van der Waals surface area contributed by atoms with E-state index >= 15 is 4.39 Å². The lowest BCUT2D eigenvalue weighted by molar-refractivity contribution is -0.00250. The van der Waals surface area contributed by atoms with Crippen molar-refractivity contribution < 1.29 is 13.9 Å². The van der Waals surface area contributed by atoms with Gasteiger partial charge in [-0.15, -0.1) is 0 Å². The van der Waals surface area contributed by atoms with Gasteiger partial charge in [-0.3, -0.25) is 0 Å². The normalized spacial score (nSPS) is 15.7. The molecule has 0 unspecified atom stereocenters. The quantitative estimate of drug-likeness (QED) is 0.328. The number of aromatic nitrogens is 4. The number of piperidine rings is 1.